The molecule has 134 valence electrons. The second-order valence-electron chi connectivity index (χ2n) is 5.82. The summed E-state index contributed by atoms with van der Waals surface area (Å²) in [6.07, 6.45) is 0. The first-order valence-corrected chi connectivity index (χ1v) is 8.19. The first-order valence-electron chi connectivity index (χ1n) is 7.81. The minimum absolute atomic E-state index is 0.273. The molecule has 0 saturated carbocycles. The van der Waals surface area contributed by atoms with Crippen LogP contribution >= 0.6 is 11.6 Å². The van der Waals surface area contributed by atoms with Crippen molar-refractivity contribution < 1.29 is 14.0 Å². The van der Waals surface area contributed by atoms with E-state index < -0.39 is 17.7 Å². The normalized spacial score (nSPS) is 10.7. The van der Waals surface area contributed by atoms with Crippen molar-refractivity contribution in [1.82, 2.24) is 9.88 Å². The maximum atomic E-state index is 12.1. The van der Waals surface area contributed by atoms with Crippen molar-refractivity contribution >= 4 is 40.3 Å². The number of anilines is 1. The van der Waals surface area contributed by atoms with Crippen molar-refractivity contribution in [2.45, 2.75) is 20.4 Å². The van der Waals surface area contributed by atoms with Gasteiger partial charge in [0.05, 0.1) is 5.52 Å². The van der Waals surface area contributed by atoms with Crippen LogP contribution in [0.2, 0.25) is 5.02 Å². The highest BCUT2D eigenvalue weighted by Gasteiger charge is 2.15. The highest BCUT2D eigenvalue weighted by atomic mass is 35.5. The van der Waals surface area contributed by atoms with Crippen LogP contribution in [0, 0.1) is 13.8 Å². The van der Waals surface area contributed by atoms with E-state index >= 15 is 0 Å². The molecule has 0 unspecified atom stereocenters. The van der Waals surface area contributed by atoms with Crippen LogP contribution in [0.25, 0.3) is 11.1 Å². The third-order valence-corrected chi connectivity index (χ3v) is 4.27. The summed E-state index contributed by atoms with van der Waals surface area (Å²) < 4.78 is 6.18. The predicted octanol–water partition coefficient (Wildman–Crippen LogP) is 3.21. The molecule has 0 radical (unpaired) electrons. The largest absolute Gasteiger partial charge is 0.420 e. The third-order valence-electron chi connectivity index (χ3n) is 4.04. The van der Waals surface area contributed by atoms with Gasteiger partial charge in [0.1, 0.15) is 6.54 Å². The lowest BCUT2D eigenvalue weighted by molar-refractivity contribution is -0.120. The van der Waals surface area contributed by atoms with E-state index in [0.717, 1.165) is 15.7 Å². The number of halogens is 1. The van der Waals surface area contributed by atoms with Crippen LogP contribution in [0.3, 0.4) is 0 Å². The van der Waals surface area contributed by atoms with Gasteiger partial charge < -0.3 is 9.73 Å². The number of aryl methyl sites for hydroxylation is 1. The number of carbonyl (C=O) groups excluding carboxylic acids is 2. The minimum Gasteiger partial charge on any atom is -0.408 e. The highest BCUT2D eigenvalue weighted by Crippen LogP contribution is 2.19. The van der Waals surface area contributed by atoms with Crippen LogP contribution in [0.15, 0.2) is 45.6 Å². The fourth-order valence-corrected chi connectivity index (χ4v) is 2.70. The van der Waals surface area contributed by atoms with Crippen molar-refractivity contribution in [3.8, 4) is 0 Å². The van der Waals surface area contributed by atoms with E-state index in [1.54, 1.807) is 18.2 Å². The molecular formula is C18H16ClN3O4. The Balaban J connectivity index is 1.71. The fourth-order valence-electron chi connectivity index (χ4n) is 2.54. The summed E-state index contributed by atoms with van der Waals surface area (Å²) >= 11 is 5.85. The van der Waals surface area contributed by atoms with E-state index in [-0.39, 0.29) is 12.1 Å². The van der Waals surface area contributed by atoms with Gasteiger partial charge >= 0.3 is 11.8 Å². The summed E-state index contributed by atoms with van der Waals surface area (Å²) in [7, 11) is 0. The van der Waals surface area contributed by atoms with Gasteiger partial charge in [0.15, 0.2) is 5.58 Å². The summed E-state index contributed by atoms with van der Waals surface area (Å²) in [5, 5.41) is 5.23. The Kier molecular flexibility index (Phi) is 4.81. The molecule has 2 aromatic carbocycles. The summed E-state index contributed by atoms with van der Waals surface area (Å²) in [5.41, 5.74) is 3.23. The Morgan fingerprint density at radius 2 is 1.96 bits per heavy atom. The van der Waals surface area contributed by atoms with Crippen LogP contribution in [0.5, 0.6) is 0 Å². The van der Waals surface area contributed by atoms with E-state index in [2.05, 4.69) is 10.6 Å². The molecule has 2 N–H and O–H groups in total. The number of nitrogens with one attached hydrogen (secondary N) is 2. The van der Waals surface area contributed by atoms with Gasteiger partial charge in [-0.1, -0.05) is 23.7 Å². The number of rotatable bonds is 3. The van der Waals surface area contributed by atoms with Gasteiger partial charge in [0.25, 0.3) is 0 Å². The minimum atomic E-state index is -0.702. The summed E-state index contributed by atoms with van der Waals surface area (Å²) in [5.74, 6) is -1.35. The molecule has 0 spiro atoms. The Labute approximate surface area is 153 Å². The number of benzene rings is 2. The van der Waals surface area contributed by atoms with Crippen LogP contribution < -0.4 is 16.4 Å². The Hall–Kier alpha value is -3.06. The molecule has 0 fully saturated rings. The summed E-state index contributed by atoms with van der Waals surface area (Å²) in [4.78, 5) is 36.1. The molecule has 0 aliphatic heterocycles. The molecule has 26 heavy (non-hydrogen) atoms. The van der Waals surface area contributed by atoms with Crippen molar-refractivity contribution in [3.63, 3.8) is 0 Å². The molecule has 0 saturated heterocycles. The number of carbonyl (C=O) groups is 2. The average Bonchev–Trinajstić information content (AvgIpc) is 2.86. The molecule has 1 aromatic heterocycles. The lowest BCUT2D eigenvalue weighted by Gasteiger charge is -2.11. The molecule has 0 bridgehead atoms. The Morgan fingerprint density at radius 3 is 2.73 bits per heavy atom. The standard InChI is InChI=1S/C18H16ClN3O4/c1-10-4-3-5-13(11(10)2)20-17(24)21-16(23)9-22-14-7-6-12(19)8-15(14)26-18(22)25/h3-8H,9H2,1-2H3,(H2,20,21,23,24). The van der Waals surface area contributed by atoms with Crippen molar-refractivity contribution in [2.75, 3.05) is 5.32 Å². The molecule has 0 atom stereocenters. The van der Waals surface area contributed by atoms with Crippen molar-refractivity contribution in [1.29, 1.82) is 0 Å². The number of nitrogens with zero attached hydrogens (tertiary/aromatic N) is 1. The number of aromatic nitrogens is 1. The second-order valence-corrected chi connectivity index (χ2v) is 6.25. The maximum Gasteiger partial charge on any atom is 0.420 e. The molecular weight excluding hydrogens is 358 g/mol. The van der Waals surface area contributed by atoms with Crippen molar-refractivity contribution in [2.24, 2.45) is 0 Å². The van der Waals surface area contributed by atoms with Crippen LogP contribution in [0.1, 0.15) is 11.1 Å². The van der Waals surface area contributed by atoms with Gasteiger partial charge in [-0.05, 0) is 43.2 Å². The molecule has 1 heterocycles. The van der Waals surface area contributed by atoms with Gasteiger partial charge in [0, 0.05) is 16.8 Å². The summed E-state index contributed by atoms with van der Waals surface area (Å²) in [6.45, 7) is 3.44. The molecule has 3 rings (SSSR count). The maximum absolute atomic E-state index is 12.1. The first-order chi connectivity index (χ1) is 12.3. The molecule has 8 heteroatoms. The van der Waals surface area contributed by atoms with Crippen LogP contribution in [-0.4, -0.2) is 16.5 Å². The number of imide groups is 1. The number of amides is 3. The Bertz CT molecular complexity index is 1070. The molecule has 3 amide bonds. The van der Waals surface area contributed by atoms with Crippen LogP contribution in [0.4, 0.5) is 10.5 Å². The van der Waals surface area contributed by atoms with E-state index in [9.17, 15) is 14.4 Å². The van der Waals surface area contributed by atoms with Gasteiger partial charge in [0.2, 0.25) is 5.91 Å². The SMILES string of the molecule is Cc1cccc(NC(=O)NC(=O)Cn2c(=O)oc3cc(Cl)ccc32)c1C. The van der Waals surface area contributed by atoms with E-state index in [1.165, 1.54) is 6.07 Å². The number of fused-ring (bicyclic) bond motifs is 1. The zero-order chi connectivity index (χ0) is 18.8. The highest BCUT2D eigenvalue weighted by molar-refractivity contribution is 6.31. The smallest absolute Gasteiger partial charge is 0.408 e. The topological polar surface area (TPSA) is 93.3 Å². The quantitative estimate of drug-likeness (QED) is 0.737. The number of oxazole rings is 1. The first kappa shape index (κ1) is 17.8. The van der Waals surface area contributed by atoms with E-state index in [4.69, 9.17) is 16.0 Å². The van der Waals surface area contributed by atoms with Gasteiger partial charge in [-0.2, -0.15) is 0 Å². The van der Waals surface area contributed by atoms with Gasteiger partial charge in [-0.15, -0.1) is 0 Å². The van der Waals surface area contributed by atoms with Crippen LogP contribution in [-0.2, 0) is 11.3 Å². The fraction of sp³-hybridized carbons (Fsp3) is 0.167. The van der Waals surface area contributed by atoms with Gasteiger partial charge in [-0.3, -0.25) is 14.7 Å². The molecule has 0 aliphatic carbocycles. The summed E-state index contributed by atoms with van der Waals surface area (Å²) in [6, 6.07) is 9.44. The van der Waals surface area contributed by atoms with Crippen molar-refractivity contribution in [3.05, 3.63) is 63.1 Å². The lowest BCUT2D eigenvalue weighted by atomic mass is 10.1. The zero-order valence-electron chi connectivity index (χ0n) is 14.1. The number of hydrogen-bond acceptors (Lipinski definition) is 4. The van der Waals surface area contributed by atoms with E-state index in [1.807, 2.05) is 26.0 Å². The zero-order valence-corrected chi connectivity index (χ0v) is 14.9. The number of urea groups is 1. The lowest BCUT2D eigenvalue weighted by Crippen LogP contribution is -2.38. The predicted molar refractivity (Wildman–Crippen MR) is 98.6 cm³/mol. The van der Waals surface area contributed by atoms with Gasteiger partial charge in [-0.25, -0.2) is 9.59 Å². The second kappa shape index (κ2) is 7.05. The number of hydrogen-bond donors (Lipinski definition) is 2. The monoisotopic (exact) mass is 373 g/mol. The molecule has 0 aliphatic rings. The average molecular weight is 374 g/mol. The van der Waals surface area contributed by atoms with E-state index in [0.29, 0.717) is 16.2 Å². The Morgan fingerprint density at radius 1 is 1.19 bits per heavy atom. The molecule has 3 aromatic rings. The third kappa shape index (κ3) is 3.62. The molecule has 7 nitrogen and oxygen atoms in total.